The molecule has 0 aromatic heterocycles. The molecule has 0 aliphatic heterocycles. The Bertz CT molecular complexity index is 888. The Morgan fingerprint density at radius 2 is 1.79 bits per heavy atom. The lowest BCUT2D eigenvalue weighted by atomic mass is 10.2. The van der Waals surface area contributed by atoms with Gasteiger partial charge in [-0.1, -0.05) is 35.3 Å². The van der Waals surface area contributed by atoms with E-state index in [4.69, 9.17) is 23.2 Å². The lowest BCUT2D eigenvalue weighted by Gasteiger charge is -2.14. The molecule has 2 rings (SSSR count). The van der Waals surface area contributed by atoms with Crippen molar-refractivity contribution in [2.75, 3.05) is 0 Å². The van der Waals surface area contributed by atoms with E-state index in [1.807, 2.05) is 10.3 Å². The molecule has 1 amide bonds. The van der Waals surface area contributed by atoms with Gasteiger partial charge in [-0.3, -0.25) is 10.2 Å². The molecule has 0 saturated carbocycles. The molecule has 0 atom stereocenters. The number of hydrogen-bond acceptors (Lipinski definition) is 4. The number of aromatic hydroxyl groups is 1. The molecule has 0 aliphatic rings. The van der Waals surface area contributed by atoms with Crippen LogP contribution in [-0.2, 0) is 10.0 Å². The minimum Gasteiger partial charge on any atom is -0.507 e. The van der Waals surface area contributed by atoms with E-state index in [2.05, 4.69) is 0 Å². The maximum atomic E-state index is 12.5. The number of phenols is 1. The Morgan fingerprint density at radius 1 is 1.17 bits per heavy atom. The van der Waals surface area contributed by atoms with E-state index in [1.54, 1.807) is 13.0 Å². The zero-order valence-electron chi connectivity index (χ0n) is 12.7. The number of phenolic OH excluding ortho intramolecular Hbond substituents is 1. The summed E-state index contributed by atoms with van der Waals surface area (Å²) in [6, 6.07) is 7.28. The third-order valence-electron chi connectivity index (χ3n) is 3.30. The van der Waals surface area contributed by atoms with Crippen molar-refractivity contribution >= 4 is 39.1 Å². The number of hydrazine groups is 1. The van der Waals surface area contributed by atoms with Gasteiger partial charge < -0.3 is 5.11 Å². The van der Waals surface area contributed by atoms with Crippen LogP contribution in [0.2, 0.25) is 10.0 Å². The summed E-state index contributed by atoms with van der Waals surface area (Å²) >= 11 is 12.1. The van der Waals surface area contributed by atoms with Crippen molar-refractivity contribution in [2.24, 2.45) is 0 Å². The molecule has 0 unspecified atom stereocenters. The third kappa shape index (κ3) is 3.64. The lowest BCUT2D eigenvalue weighted by molar-refractivity contribution is 0.0942. The lowest BCUT2D eigenvalue weighted by Crippen LogP contribution is -2.42. The second-order valence-electron chi connectivity index (χ2n) is 5.02. The number of benzene rings is 2. The predicted molar refractivity (Wildman–Crippen MR) is 91.8 cm³/mol. The summed E-state index contributed by atoms with van der Waals surface area (Å²) in [4.78, 5) is 13.7. The molecule has 9 heteroatoms. The number of hydrogen-bond donors (Lipinski definition) is 3. The Labute approximate surface area is 149 Å². The number of carbonyl (C=O) groups is 1. The predicted octanol–water partition coefficient (Wildman–Crippen LogP) is 2.94. The number of nitrogens with one attached hydrogen (secondary N) is 2. The number of carbonyl (C=O) groups excluding carboxylic acids is 1. The molecular weight excluding hydrogens is 375 g/mol. The maximum absolute atomic E-state index is 12.5. The topological polar surface area (TPSA) is 95.5 Å². The van der Waals surface area contributed by atoms with Gasteiger partial charge in [0.2, 0.25) is 0 Å². The molecule has 2 aromatic carbocycles. The second kappa shape index (κ2) is 6.98. The third-order valence-corrected chi connectivity index (χ3v) is 5.71. The van der Waals surface area contributed by atoms with Crippen LogP contribution in [0.4, 0.5) is 0 Å². The standard InChI is InChI=1S/C15H14Cl2N2O4S/c1-8-7-11(16)9(2)14(13(8)17)24(22,23)19-18-15(21)10-5-3-4-6-12(10)20/h3-7,19-20H,1-2H3,(H,18,21). The molecule has 2 aromatic rings. The number of aryl methyl sites for hydroxylation is 1. The van der Waals surface area contributed by atoms with Gasteiger partial charge in [-0.05, 0) is 43.2 Å². The molecular formula is C15H14Cl2N2O4S. The van der Waals surface area contributed by atoms with Gasteiger partial charge in [0.15, 0.2) is 0 Å². The first-order valence-electron chi connectivity index (χ1n) is 6.70. The first kappa shape index (κ1) is 18.5. The quantitative estimate of drug-likeness (QED) is 0.701. The molecule has 0 aliphatic carbocycles. The average molecular weight is 389 g/mol. The highest BCUT2D eigenvalue weighted by atomic mass is 35.5. The number of para-hydroxylation sites is 1. The van der Waals surface area contributed by atoms with Crippen LogP contribution in [0, 0.1) is 13.8 Å². The minimum absolute atomic E-state index is 0.0150. The molecule has 0 saturated heterocycles. The van der Waals surface area contributed by atoms with Gasteiger partial charge in [0.05, 0.1) is 10.6 Å². The first-order chi connectivity index (χ1) is 11.1. The van der Waals surface area contributed by atoms with Gasteiger partial charge in [-0.2, -0.15) is 0 Å². The van der Waals surface area contributed by atoms with Crippen molar-refractivity contribution < 1.29 is 18.3 Å². The highest BCUT2D eigenvalue weighted by Crippen LogP contribution is 2.33. The number of rotatable bonds is 4. The number of amides is 1. The van der Waals surface area contributed by atoms with Crippen LogP contribution in [0.3, 0.4) is 0 Å². The van der Waals surface area contributed by atoms with Crippen molar-refractivity contribution in [3.63, 3.8) is 0 Å². The SMILES string of the molecule is Cc1cc(Cl)c(C)c(S(=O)(=O)NNC(=O)c2ccccc2O)c1Cl. The van der Waals surface area contributed by atoms with E-state index >= 15 is 0 Å². The van der Waals surface area contributed by atoms with E-state index in [9.17, 15) is 18.3 Å². The summed E-state index contributed by atoms with van der Waals surface area (Å²) in [7, 11) is -4.16. The van der Waals surface area contributed by atoms with Crippen molar-refractivity contribution in [3.05, 3.63) is 57.1 Å². The van der Waals surface area contributed by atoms with Crippen molar-refractivity contribution in [2.45, 2.75) is 18.7 Å². The molecule has 24 heavy (non-hydrogen) atoms. The average Bonchev–Trinajstić information content (AvgIpc) is 2.51. The van der Waals surface area contributed by atoms with Crippen molar-refractivity contribution in [3.8, 4) is 5.75 Å². The zero-order chi connectivity index (χ0) is 18.1. The van der Waals surface area contributed by atoms with Crippen LogP contribution in [0.25, 0.3) is 0 Å². The molecule has 0 fully saturated rings. The van der Waals surface area contributed by atoms with Crippen LogP contribution in [0.1, 0.15) is 21.5 Å². The van der Waals surface area contributed by atoms with E-state index in [0.717, 1.165) is 0 Å². The summed E-state index contributed by atoms with van der Waals surface area (Å²) in [5, 5.41) is 9.87. The van der Waals surface area contributed by atoms with Gasteiger partial charge in [0, 0.05) is 5.02 Å². The maximum Gasteiger partial charge on any atom is 0.269 e. The molecule has 0 spiro atoms. The van der Waals surface area contributed by atoms with E-state index in [1.165, 1.54) is 31.2 Å². The zero-order valence-corrected chi connectivity index (χ0v) is 15.1. The van der Waals surface area contributed by atoms with Crippen LogP contribution < -0.4 is 10.3 Å². The summed E-state index contributed by atoms with van der Waals surface area (Å²) in [5.74, 6) is -1.09. The van der Waals surface area contributed by atoms with Gasteiger partial charge >= 0.3 is 0 Å². The first-order valence-corrected chi connectivity index (χ1v) is 8.94. The normalized spacial score (nSPS) is 11.3. The van der Waals surface area contributed by atoms with E-state index in [0.29, 0.717) is 5.56 Å². The number of halogens is 2. The Balaban J connectivity index is 2.31. The van der Waals surface area contributed by atoms with Gasteiger partial charge in [0.25, 0.3) is 15.9 Å². The monoisotopic (exact) mass is 388 g/mol. The summed E-state index contributed by atoms with van der Waals surface area (Å²) in [5.41, 5.74) is 2.70. The largest absolute Gasteiger partial charge is 0.507 e. The fourth-order valence-electron chi connectivity index (χ4n) is 2.03. The highest BCUT2D eigenvalue weighted by Gasteiger charge is 2.25. The Kier molecular flexibility index (Phi) is 5.39. The highest BCUT2D eigenvalue weighted by molar-refractivity contribution is 7.89. The number of sulfonamides is 1. The Morgan fingerprint density at radius 3 is 2.42 bits per heavy atom. The summed E-state index contributed by atoms with van der Waals surface area (Å²) < 4.78 is 24.9. The summed E-state index contributed by atoms with van der Waals surface area (Å²) in [6.45, 7) is 3.13. The fourth-order valence-corrected chi connectivity index (χ4v) is 4.09. The van der Waals surface area contributed by atoms with E-state index < -0.39 is 15.9 Å². The molecule has 0 radical (unpaired) electrons. The van der Waals surface area contributed by atoms with Gasteiger partial charge in [0.1, 0.15) is 10.6 Å². The van der Waals surface area contributed by atoms with E-state index in [-0.39, 0.29) is 31.8 Å². The molecule has 0 bridgehead atoms. The van der Waals surface area contributed by atoms with Crippen LogP contribution in [-0.4, -0.2) is 19.4 Å². The molecule has 3 N–H and O–H groups in total. The van der Waals surface area contributed by atoms with Crippen molar-refractivity contribution in [1.29, 1.82) is 0 Å². The summed E-state index contributed by atoms with van der Waals surface area (Å²) in [6.07, 6.45) is 0. The smallest absolute Gasteiger partial charge is 0.269 e. The van der Waals surface area contributed by atoms with Crippen LogP contribution >= 0.6 is 23.2 Å². The molecule has 0 heterocycles. The molecule has 6 nitrogen and oxygen atoms in total. The van der Waals surface area contributed by atoms with Gasteiger partial charge in [-0.15, -0.1) is 4.83 Å². The fraction of sp³-hybridized carbons (Fsp3) is 0.133. The minimum atomic E-state index is -4.16. The van der Waals surface area contributed by atoms with Gasteiger partial charge in [-0.25, -0.2) is 8.42 Å². The Hall–Kier alpha value is -1.80. The molecule has 128 valence electrons. The van der Waals surface area contributed by atoms with Crippen molar-refractivity contribution in [1.82, 2.24) is 10.3 Å². The van der Waals surface area contributed by atoms with Crippen LogP contribution in [0.15, 0.2) is 35.2 Å². The second-order valence-corrected chi connectivity index (χ2v) is 7.42. The van der Waals surface area contributed by atoms with Crippen LogP contribution in [0.5, 0.6) is 5.75 Å².